The van der Waals surface area contributed by atoms with Crippen LogP contribution in [0.15, 0.2) is 36.5 Å². The lowest BCUT2D eigenvalue weighted by molar-refractivity contribution is -0.116. The minimum absolute atomic E-state index is 0.0452. The second kappa shape index (κ2) is 6.95. The molecular formula is C17H20FN3O3S. The van der Waals surface area contributed by atoms with Crippen LogP contribution in [-0.4, -0.2) is 35.6 Å². The summed E-state index contributed by atoms with van der Waals surface area (Å²) in [5, 5.41) is 6.96. The summed E-state index contributed by atoms with van der Waals surface area (Å²) in [5.41, 5.74) is 0.881. The lowest BCUT2D eigenvalue weighted by atomic mass is 9.97. The maximum atomic E-state index is 13.0. The molecule has 1 saturated heterocycles. The van der Waals surface area contributed by atoms with Crippen LogP contribution in [0, 0.1) is 5.82 Å². The summed E-state index contributed by atoms with van der Waals surface area (Å²) >= 11 is 0. The third-order valence-electron chi connectivity index (χ3n) is 4.42. The molecule has 8 heteroatoms. The van der Waals surface area contributed by atoms with E-state index in [0.717, 1.165) is 5.56 Å². The van der Waals surface area contributed by atoms with Gasteiger partial charge >= 0.3 is 0 Å². The zero-order valence-electron chi connectivity index (χ0n) is 13.9. The van der Waals surface area contributed by atoms with Gasteiger partial charge < -0.3 is 5.32 Å². The second-order valence-electron chi connectivity index (χ2n) is 6.42. The normalized spacial score (nSPS) is 20.3. The molecule has 2 aromatic rings. The lowest BCUT2D eigenvalue weighted by Crippen LogP contribution is -2.20. The number of rotatable bonds is 5. The second-order valence-corrected chi connectivity index (χ2v) is 8.65. The fourth-order valence-electron chi connectivity index (χ4n) is 3.05. The maximum absolute atomic E-state index is 13.0. The molecule has 1 aliphatic heterocycles. The molecule has 0 radical (unpaired) electrons. The number of carbonyl (C=O) groups excluding carboxylic acids is 1. The van der Waals surface area contributed by atoms with Gasteiger partial charge in [-0.05, 0) is 30.0 Å². The first-order valence-corrected chi connectivity index (χ1v) is 9.95. The van der Waals surface area contributed by atoms with Gasteiger partial charge in [0.1, 0.15) is 11.6 Å². The van der Waals surface area contributed by atoms with Gasteiger partial charge in [-0.2, -0.15) is 5.10 Å². The fraction of sp³-hybridized carbons (Fsp3) is 0.412. The van der Waals surface area contributed by atoms with Gasteiger partial charge in [-0.15, -0.1) is 0 Å². The van der Waals surface area contributed by atoms with Crippen molar-refractivity contribution in [2.75, 3.05) is 16.8 Å². The quantitative estimate of drug-likeness (QED) is 0.883. The molecule has 2 atom stereocenters. The first-order valence-electron chi connectivity index (χ1n) is 8.13. The van der Waals surface area contributed by atoms with E-state index in [4.69, 9.17) is 0 Å². The largest absolute Gasteiger partial charge is 0.311 e. The average molecular weight is 365 g/mol. The minimum Gasteiger partial charge on any atom is -0.311 e. The fourth-order valence-corrected chi connectivity index (χ4v) is 4.75. The summed E-state index contributed by atoms with van der Waals surface area (Å²) in [6, 6.07) is 7.50. The van der Waals surface area contributed by atoms with Crippen molar-refractivity contribution in [2.45, 2.75) is 31.7 Å². The smallest absolute Gasteiger partial charge is 0.226 e. The van der Waals surface area contributed by atoms with E-state index in [-0.39, 0.29) is 41.6 Å². The summed E-state index contributed by atoms with van der Waals surface area (Å²) in [4.78, 5) is 12.3. The van der Waals surface area contributed by atoms with Crippen LogP contribution in [0.2, 0.25) is 0 Å². The van der Waals surface area contributed by atoms with Crippen molar-refractivity contribution < 1.29 is 17.6 Å². The maximum Gasteiger partial charge on any atom is 0.226 e. The van der Waals surface area contributed by atoms with Crippen LogP contribution in [0.1, 0.15) is 37.3 Å². The molecule has 1 aromatic heterocycles. The van der Waals surface area contributed by atoms with Gasteiger partial charge in [0.25, 0.3) is 0 Å². The molecule has 1 N–H and O–H groups in total. The summed E-state index contributed by atoms with van der Waals surface area (Å²) in [6.07, 6.45) is 2.28. The molecule has 3 rings (SSSR count). The molecule has 1 amide bonds. The van der Waals surface area contributed by atoms with Gasteiger partial charge in [-0.3, -0.25) is 4.79 Å². The number of carbonyl (C=O) groups is 1. The van der Waals surface area contributed by atoms with Gasteiger partial charge in [-0.1, -0.05) is 19.1 Å². The van der Waals surface area contributed by atoms with Crippen molar-refractivity contribution in [2.24, 2.45) is 0 Å². The Morgan fingerprint density at radius 1 is 1.36 bits per heavy atom. The van der Waals surface area contributed by atoms with Crippen LogP contribution in [0.4, 0.5) is 10.2 Å². The van der Waals surface area contributed by atoms with Crippen LogP contribution >= 0.6 is 0 Å². The molecule has 0 aliphatic carbocycles. The number of amides is 1. The Morgan fingerprint density at radius 2 is 2.08 bits per heavy atom. The van der Waals surface area contributed by atoms with E-state index >= 15 is 0 Å². The van der Waals surface area contributed by atoms with Crippen LogP contribution in [0.5, 0.6) is 0 Å². The SMILES string of the molecule is C[C@@H](CC(=O)Nc1ccnn1[C@@H]1CCS(=O)(=O)C1)c1ccc(F)cc1. The Kier molecular flexibility index (Phi) is 4.89. The average Bonchev–Trinajstić information content (AvgIpc) is 3.13. The van der Waals surface area contributed by atoms with E-state index in [1.54, 1.807) is 29.1 Å². The predicted octanol–water partition coefficient (Wildman–Crippen LogP) is 2.51. The molecule has 0 bridgehead atoms. The molecule has 0 saturated carbocycles. The van der Waals surface area contributed by atoms with Crippen LogP contribution < -0.4 is 5.32 Å². The van der Waals surface area contributed by atoms with Gasteiger partial charge in [0.15, 0.2) is 9.84 Å². The summed E-state index contributed by atoms with van der Waals surface area (Å²) < 4.78 is 37.8. The van der Waals surface area contributed by atoms with Crippen molar-refractivity contribution in [3.05, 3.63) is 47.9 Å². The summed E-state index contributed by atoms with van der Waals surface area (Å²) in [7, 11) is -3.03. The standard InChI is InChI=1S/C17H20FN3O3S/c1-12(13-2-4-14(18)5-3-13)10-17(22)20-16-6-8-19-21(16)15-7-9-25(23,24)11-15/h2-6,8,12,15H,7,9-11H2,1H3,(H,20,22)/t12-,15+/m0/s1. The highest BCUT2D eigenvalue weighted by atomic mass is 32.2. The van der Waals surface area contributed by atoms with Crippen LogP contribution in [0.3, 0.4) is 0 Å². The van der Waals surface area contributed by atoms with E-state index in [2.05, 4.69) is 10.4 Å². The highest BCUT2D eigenvalue weighted by Gasteiger charge is 2.31. The Bertz CT molecular complexity index is 862. The van der Waals surface area contributed by atoms with Gasteiger partial charge in [-0.25, -0.2) is 17.5 Å². The van der Waals surface area contributed by atoms with Gasteiger partial charge in [0, 0.05) is 12.5 Å². The van der Waals surface area contributed by atoms with E-state index in [0.29, 0.717) is 12.2 Å². The number of anilines is 1. The molecule has 0 spiro atoms. The number of aromatic nitrogens is 2. The monoisotopic (exact) mass is 365 g/mol. The number of sulfone groups is 1. The Hall–Kier alpha value is -2.22. The molecule has 1 fully saturated rings. The van der Waals surface area contributed by atoms with Crippen molar-refractivity contribution in [1.29, 1.82) is 0 Å². The van der Waals surface area contributed by atoms with Gasteiger partial charge in [0.2, 0.25) is 5.91 Å². The third kappa shape index (κ3) is 4.25. The Balaban J connectivity index is 1.64. The number of halogens is 1. The highest BCUT2D eigenvalue weighted by Crippen LogP contribution is 2.26. The first-order chi connectivity index (χ1) is 11.8. The topological polar surface area (TPSA) is 81.1 Å². The zero-order chi connectivity index (χ0) is 18.0. The van der Waals surface area contributed by atoms with E-state index < -0.39 is 9.84 Å². The Morgan fingerprint density at radius 3 is 2.72 bits per heavy atom. The van der Waals surface area contributed by atoms with Crippen molar-refractivity contribution in [1.82, 2.24) is 9.78 Å². The number of hydrogen-bond donors (Lipinski definition) is 1. The molecule has 25 heavy (non-hydrogen) atoms. The highest BCUT2D eigenvalue weighted by molar-refractivity contribution is 7.91. The molecule has 2 heterocycles. The molecular weight excluding hydrogens is 345 g/mol. The van der Waals surface area contributed by atoms with Crippen molar-refractivity contribution in [3.63, 3.8) is 0 Å². The first kappa shape index (κ1) is 17.6. The van der Waals surface area contributed by atoms with E-state index in [9.17, 15) is 17.6 Å². The molecule has 1 aliphatic rings. The third-order valence-corrected chi connectivity index (χ3v) is 6.17. The van der Waals surface area contributed by atoms with Crippen molar-refractivity contribution in [3.8, 4) is 0 Å². The number of nitrogens with zero attached hydrogens (tertiary/aromatic N) is 2. The number of hydrogen-bond acceptors (Lipinski definition) is 4. The zero-order valence-corrected chi connectivity index (χ0v) is 14.7. The minimum atomic E-state index is -3.03. The van der Waals surface area contributed by atoms with Gasteiger partial charge in [0.05, 0.1) is 23.7 Å². The van der Waals surface area contributed by atoms with Crippen LogP contribution in [0.25, 0.3) is 0 Å². The van der Waals surface area contributed by atoms with Crippen LogP contribution in [-0.2, 0) is 14.6 Å². The van der Waals surface area contributed by atoms with E-state index in [1.807, 2.05) is 6.92 Å². The summed E-state index contributed by atoms with van der Waals surface area (Å²) in [6.45, 7) is 1.90. The summed E-state index contributed by atoms with van der Waals surface area (Å²) in [5.74, 6) is 0.119. The number of benzene rings is 1. The number of nitrogens with one attached hydrogen (secondary N) is 1. The molecule has 134 valence electrons. The molecule has 0 unspecified atom stereocenters. The Labute approximate surface area is 146 Å². The van der Waals surface area contributed by atoms with Crippen molar-refractivity contribution >= 4 is 21.6 Å². The predicted molar refractivity (Wildman–Crippen MR) is 92.6 cm³/mol. The molecule has 6 nitrogen and oxygen atoms in total. The van der Waals surface area contributed by atoms with E-state index in [1.165, 1.54) is 12.1 Å². The molecule has 1 aromatic carbocycles. The lowest BCUT2D eigenvalue weighted by Gasteiger charge is -2.15.